The summed E-state index contributed by atoms with van der Waals surface area (Å²) in [6.07, 6.45) is 0.370. The second kappa shape index (κ2) is 6.54. The first-order chi connectivity index (χ1) is 9.22. The van der Waals surface area contributed by atoms with Gasteiger partial charge in [0.1, 0.15) is 5.75 Å². The minimum absolute atomic E-state index is 0.0337. The number of hydrogen-bond acceptors (Lipinski definition) is 4. The molecule has 1 amide bonds. The second-order valence-electron chi connectivity index (χ2n) is 4.59. The van der Waals surface area contributed by atoms with Gasteiger partial charge < -0.3 is 20.1 Å². The number of hydrogen-bond donors (Lipinski definition) is 1. The largest absolute Gasteiger partial charge is 0.497 e. The van der Waals surface area contributed by atoms with Crippen molar-refractivity contribution in [3.63, 3.8) is 0 Å². The summed E-state index contributed by atoms with van der Waals surface area (Å²) in [7, 11) is 1.63. The van der Waals surface area contributed by atoms with Gasteiger partial charge in [0.05, 0.1) is 26.2 Å². The van der Waals surface area contributed by atoms with Crippen LogP contribution in [0.4, 0.5) is 0 Å². The third kappa shape index (κ3) is 3.68. The van der Waals surface area contributed by atoms with Crippen molar-refractivity contribution in [2.24, 2.45) is 5.73 Å². The molecule has 1 aliphatic rings. The molecule has 19 heavy (non-hydrogen) atoms. The van der Waals surface area contributed by atoms with E-state index in [9.17, 15) is 4.79 Å². The van der Waals surface area contributed by atoms with Gasteiger partial charge in [-0.2, -0.15) is 0 Å². The van der Waals surface area contributed by atoms with E-state index >= 15 is 0 Å². The number of nitrogens with two attached hydrogens (primary N) is 1. The average molecular weight is 264 g/mol. The van der Waals surface area contributed by atoms with Gasteiger partial charge >= 0.3 is 0 Å². The molecule has 1 aromatic rings. The predicted molar refractivity (Wildman–Crippen MR) is 72.1 cm³/mol. The normalized spacial score (nSPS) is 19.3. The van der Waals surface area contributed by atoms with Crippen molar-refractivity contribution < 1.29 is 14.3 Å². The Labute approximate surface area is 113 Å². The fourth-order valence-electron chi connectivity index (χ4n) is 2.12. The van der Waals surface area contributed by atoms with Gasteiger partial charge in [0.25, 0.3) is 0 Å². The SMILES string of the molecule is COc1ccc(CC(=O)N2CCO[C@H](CN)C2)cc1. The van der Waals surface area contributed by atoms with Crippen LogP contribution in [0.2, 0.25) is 0 Å². The molecule has 104 valence electrons. The highest BCUT2D eigenvalue weighted by atomic mass is 16.5. The number of carbonyl (C=O) groups is 1. The maximum Gasteiger partial charge on any atom is 0.227 e. The number of benzene rings is 1. The smallest absolute Gasteiger partial charge is 0.227 e. The first kappa shape index (κ1) is 13.8. The van der Waals surface area contributed by atoms with Crippen LogP contribution in [0, 0.1) is 0 Å². The maximum absolute atomic E-state index is 12.2. The number of rotatable bonds is 4. The zero-order valence-corrected chi connectivity index (χ0v) is 11.2. The zero-order valence-electron chi connectivity index (χ0n) is 11.2. The van der Waals surface area contributed by atoms with Gasteiger partial charge in [-0.15, -0.1) is 0 Å². The molecule has 1 fully saturated rings. The van der Waals surface area contributed by atoms with Gasteiger partial charge in [0.2, 0.25) is 5.91 Å². The fraction of sp³-hybridized carbons (Fsp3) is 0.500. The molecule has 0 spiro atoms. The van der Waals surface area contributed by atoms with Gasteiger partial charge in [-0.1, -0.05) is 12.1 Å². The molecule has 1 saturated heterocycles. The summed E-state index contributed by atoms with van der Waals surface area (Å²) in [6.45, 7) is 2.25. The Bertz CT molecular complexity index is 419. The van der Waals surface area contributed by atoms with Crippen molar-refractivity contribution in [3.8, 4) is 5.75 Å². The molecule has 0 radical (unpaired) electrons. The summed E-state index contributed by atoms with van der Waals surface area (Å²) < 4.78 is 10.5. The zero-order chi connectivity index (χ0) is 13.7. The third-order valence-electron chi connectivity index (χ3n) is 3.27. The molecule has 1 heterocycles. The first-order valence-electron chi connectivity index (χ1n) is 6.45. The molecular weight excluding hydrogens is 244 g/mol. The van der Waals surface area contributed by atoms with E-state index in [2.05, 4.69) is 0 Å². The number of methoxy groups -OCH3 is 1. The van der Waals surface area contributed by atoms with Crippen molar-refractivity contribution in [1.29, 1.82) is 0 Å². The lowest BCUT2D eigenvalue weighted by atomic mass is 10.1. The van der Waals surface area contributed by atoms with Crippen molar-refractivity contribution in [2.75, 3.05) is 33.4 Å². The van der Waals surface area contributed by atoms with Crippen molar-refractivity contribution in [3.05, 3.63) is 29.8 Å². The van der Waals surface area contributed by atoms with Crippen LogP contribution in [0.15, 0.2) is 24.3 Å². The summed E-state index contributed by atoms with van der Waals surface area (Å²) >= 11 is 0. The summed E-state index contributed by atoms with van der Waals surface area (Å²) in [5, 5.41) is 0. The number of ether oxygens (including phenoxy) is 2. The minimum Gasteiger partial charge on any atom is -0.497 e. The number of carbonyl (C=O) groups excluding carboxylic acids is 1. The molecule has 2 N–H and O–H groups in total. The third-order valence-corrected chi connectivity index (χ3v) is 3.27. The molecule has 0 aliphatic carbocycles. The molecule has 1 aromatic carbocycles. The van der Waals surface area contributed by atoms with Gasteiger partial charge in [0.15, 0.2) is 0 Å². The molecule has 1 aliphatic heterocycles. The lowest BCUT2D eigenvalue weighted by Gasteiger charge is -2.32. The van der Waals surface area contributed by atoms with Crippen LogP contribution in [0.1, 0.15) is 5.56 Å². The van der Waals surface area contributed by atoms with Crippen LogP contribution >= 0.6 is 0 Å². The number of morpholine rings is 1. The average Bonchev–Trinajstić information content (AvgIpc) is 2.48. The molecule has 5 heteroatoms. The fourth-order valence-corrected chi connectivity index (χ4v) is 2.12. The summed E-state index contributed by atoms with van der Waals surface area (Å²) in [5.74, 6) is 0.915. The lowest BCUT2D eigenvalue weighted by Crippen LogP contribution is -2.48. The Morgan fingerprint density at radius 3 is 2.84 bits per heavy atom. The van der Waals surface area contributed by atoms with Crippen molar-refractivity contribution in [2.45, 2.75) is 12.5 Å². The highest BCUT2D eigenvalue weighted by Gasteiger charge is 2.23. The minimum atomic E-state index is -0.0337. The molecular formula is C14H20N2O3. The van der Waals surface area contributed by atoms with E-state index in [4.69, 9.17) is 15.2 Å². The van der Waals surface area contributed by atoms with Crippen LogP contribution in [-0.2, 0) is 16.0 Å². The van der Waals surface area contributed by atoms with E-state index in [0.717, 1.165) is 11.3 Å². The van der Waals surface area contributed by atoms with E-state index in [1.165, 1.54) is 0 Å². The lowest BCUT2D eigenvalue weighted by molar-refractivity contribution is -0.137. The molecule has 0 bridgehead atoms. The van der Waals surface area contributed by atoms with Crippen molar-refractivity contribution >= 4 is 5.91 Å². The topological polar surface area (TPSA) is 64.8 Å². The maximum atomic E-state index is 12.2. The van der Waals surface area contributed by atoms with E-state index < -0.39 is 0 Å². The van der Waals surface area contributed by atoms with Crippen LogP contribution in [0.5, 0.6) is 5.75 Å². The van der Waals surface area contributed by atoms with Crippen LogP contribution < -0.4 is 10.5 Å². The quantitative estimate of drug-likeness (QED) is 0.856. The molecule has 0 unspecified atom stereocenters. The molecule has 2 rings (SSSR count). The van der Waals surface area contributed by atoms with E-state index in [0.29, 0.717) is 32.7 Å². The highest BCUT2D eigenvalue weighted by molar-refractivity contribution is 5.79. The van der Waals surface area contributed by atoms with E-state index in [1.807, 2.05) is 29.2 Å². The predicted octanol–water partition coefficient (Wildman–Crippen LogP) is 0.424. The Kier molecular flexibility index (Phi) is 4.76. The summed E-state index contributed by atoms with van der Waals surface area (Å²) in [5.41, 5.74) is 6.56. The second-order valence-corrected chi connectivity index (χ2v) is 4.59. The Hall–Kier alpha value is -1.59. The number of nitrogens with zero attached hydrogens (tertiary/aromatic N) is 1. The van der Waals surface area contributed by atoms with E-state index in [1.54, 1.807) is 7.11 Å². The number of amides is 1. The molecule has 0 aromatic heterocycles. The molecule has 1 atom stereocenters. The standard InChI is InChI=1S/C14H20N2O3/c1-18-12-4-2-11(3-5-12)8-14(17)16-6-7-19-13(9-15)10-16/h2-5,13H,6-10,15H2,1H3/t13-/m1/s1. The van der Waals surface area contributed by atoms with Crippen molar-refractivity contribution in [1.82, 2.24) is 4.90 Å². The first-order valence-corrected chi connectivity index (χ1v) is 6.45. The van der Waals surface area contributed by atoms with Gasteiger partial charge in [-0.3, -0.25) is 4.79 Å². The Morgan fingerprint density at radius 2 is 2.21 bits per heavy atom. The van der Waals surface area contributed by atoms with Gasteiger partial charge in [-0.25, -0.2) is 0 Å². The van der Waals surface area contributed by atoms with Gasteiger partial charge in [-0.05, 0) is 17.7 Å². The Morgan fingerprint density at radius 1 is 1.47 bits per heavy atom. The van der Waals surface area contributed by atoms with Crippen LogP contribution in [0.3, 0.4) is 0 Å². The highest BCUT2D eigenvalue weighted by Crippen LogP contribution is 2.13. The van der Waals surface area contributed by atoms with Gasteiger partial charge in [0, 0.05) is 19.6 Å². The summed E-state index contributed by atoms with van der Waals surface area (Å²) in [6, 6.07) is 7.56. The molecule has 0 saturated carbocycles. The molecule has 5 nitrogen and oxygen atoms in total. The van der Waals surface area contributed by atoms with Crippen LogP contribution in [-0.4, -0.2) is 50.3 Å². The van der Waals surface area contributed by atoms with E-state index in [-0.39, 0.29) is 12.0 Å². The monoisotopic (exact) mass is 264 g/mol. The Balaban J connectivity index is 1.92. The summed E-state index contributed by atoms with van der Waals surface area (Å²) in [4.78, 5) is 14.0. The van der Waals surface area contributed by atoms with Crippen LogP contribution in [0.25, 0.3) is 0 Å².